The highest BCUT2D eigenvalue weighted by atomic mass is 33.8. The van der Waals surface area contributed by atoms with E-state index in [0.717, 1.165) is 0 Å². The Morgan fingerprint density at radius 3 is 2.73 bits per heavy atom. The Morgan fingerprint density at radius 2 is 1.80 bits per heavy atom. The second-order valence-corrected chi connectivity index (χ2v) is 10.5. The molecule has 0 atom stereocenters. The van der Waals surface area contributed by atoms with E-state index in [1.807, 2.05) is 51.1 Å². The van der Waals surface area contributed by atoms with Crippen molar-refractivity contribution in [1.29, 1.82) is 0 Å². The van der Waals surface area contributed by atoms with Gasteiger partial charge >= 0.3 is 0 Å². The first kappa shape index (κ1) is 10.7. The molecule has 0 unspecified atom stereocenters. The molecule has 0 saturated carbocycles. The Balaban J connectivity index is 2.32. The van der Waals surface area contributed by atoms with E-state index in [1.165, 1.54) is 20.8 Å². The van der Waals surface area contributed by atoms with Crippen LogP contribution in [-0.4, -0.2) is 4.57 Å². The lowest BCUT2D eigenvalue weighted by Gasteiger charge is -2.00. The molecule has 0 amide bonds. The Morgan fingerprint density at radius 1 is 1.00 bits per heavy atom. The molecule has 0 radical (unpaired) electrons. The predicted octanol–water partition coefficient (Wildman–Crippen LogP) is 5.24. The summed E-state index contributed by atoms with van der Waals surface area (Å²) in [5, 5.41) is 2.76. The molecule has 0 N–H and O–H groups in total. The number of nitrogens with zero attached hydrogens (tertiary/aromatic N) is 1. The minimum absolute atomic E-state index is 1.33. The number of aromatic nitrogens is 1. The van der Waals surface area contributed by atoms with Crippen molar-refractivity contribution in [3.05, 3.63) is 24.3 Å². The molecule has 15 heavy (non-hydrogen) atoms. The lowest BCUT2D eigenvalue weighted by Crippen LogP contribution is -1.87. The lowest BCUT2D eigenvalue weighted by atomic mass is 10.2. The van der Waals surface area contributed by atoms with Crippen molar-refractivity contribution in [1.82, 2.24) is 4.57 Å². The Hall–Kier alpha value is 0.510. The maximum absolute atomic E-state index is 2.29. The molecule has 1 aromatic heterocycles. The van der Waals surface area contributed by atoms with Gasteiger partial charge in [-0.05, 0) is 57.1 Å². The van der Waals surface area contributed by atoms with E-state index in [4.69, 9.17) is 0 Å². The number of hydrogen-bond acceptors (Lipinski definition) is 5. The van der Waals surface area contributed by atoms with Crippen LogP contribution in [0.5, 0.6) is 0 Å². The smallest absolute Gasteiger partial charge is 0.102 e. The minimum atomic E-state index is 1.33. The normalized spacial score (nSPS) is 16.3. The fourth-order valence-electron chi connectivity index (χ4n) is 1.61. The van der Waals surface area contributed by atoms with Gasteiger partial charge in [0, 0.05) is 18.0 Å². The van der Waals surface area contributed by atoms with E-state index in [1.54, 1.807) is 0 Å². The van der Waals surface area contributed by atoms with Gasteiger partial charge in [-0.25, -0.2) is 0 Å². The zero-order valence-electron chi connectivity index (χ0n) is 7.80. The van der Waals surface area contributed by atoms with Gasteiger partial charge < -0.3 is 4.57 Å². The number of hydrogen-bond donors (Lipinski definition) is 0. The minimum Gasteiger partial charge on any atom is -0.337 e. The van der Waals surface area contributed by atoms with Crippen LogP contribution in [-0.2, 0) is 7.05 Å². The van der Waals surface area contributed by atoms with Gasteiger partial charge in [0.2, 0.25) is 0 Å². The highest BCUT2D eigenvalue weighted by molar-refractivity contribution is 9.36. The van der Waals surface area contributed by atoms with Gasteiger partial charge in [0.1, 0.15) is 5.03 Å². The van der Waals surface area contributed by atoms with Gasteiger partial charge in [-0.3, -0.25) is 0 Å². The van der Waals surface area contributed by atoms with E-state index >= 15 is 0 Å². The summed E-state index contributed by atoms with van der Waals surface area (Å²) in [5.74, 6) is 0. The van der Waals surface area contributed by atoms with Crippen LogP contribution in [0.15, 0.2) is 34.2 Å². The first-order valence-corrected chi connectivity index (χ1v) is 10.4. The summed E-state index contributed by atoms with van der Waals surface area (Å²) in [6.45, 7) is 0. The van der Waals surface area contributed by atoms with Crippen LogP contribution < -0.4 is 0 Å². The Labute approximate surface area is 107 Å². The van der Waals surface area contributed by atoms with Crippen molar-refractivity contribution in [2.24, 2.45) is 7.05 Å². The van der Waals surface area contributed by atoms with E-state index in [9.17, 15) is 0 Å². The van der Waals surface area contributed by atoms with Crippen LogP contribution in [0, 0.1) is 0 Å². The summed E-state index contributed by atoms with van der Waals surface area (Å²) >= 11 is 0. The van der Waals surface area contributed by atoms with E-state index in [2.05, 4.69) is 35.9 Å². The van der Waals surface area contributed by atoms with Crippen LogP contribution >= 0.6 is 51.1 Å². The van der Waals surface area contributed by atoms with E-state index < -0.39 is 0 Å². The van der Waals surface area contributed by atoms with Gasteiger partial charge in [-0.15, -0.1) is 0 Å². The lowest BCUT2D eigenvalue weighted by molar-refractivity contribution is 0.840. The number of aryl methyl sites for hydroxylation is 1. The van der Waals surface area contributed by atoms with Crippen molar-refractivity contribution in [3.8, 4) is 0 Å². The third-order valence-electron chi connectivity index (χ3n) is 2.29. The zero-order chi connectivity index (χ0) is 10.3. The molecule has 1 aliphatic heterocycles. The van der Waals surface area contributed by atoms with Crippen LogP contribution in [0.1, 0.15) is 0 Å². The molecule has 1 aliphatic rings. The fourth-order valence-corrected chi connectivity index (χ4v) is 10.8. The molecule has 0 fully saturated rings. The Bertz CT molecular complexity index is 506. The molecule has 78 valence electrons. The highest BCUT2D eigenvalue weighted by Gasteiger charge is 2.19. The number of benzene rings is 1. The van der Waals surface area contributed by atoms with Crippen molar-refractivity contribution in [3.63, 3.8) is 0 Å². The number of para-hydroxylation sites is 1. The molecule has 0 bridgehead atoms. The SMILES string of the molecule is Cn1c2c(c3ccccc31)SSSSS2. The summed E-state index contributed by atoms with van der Waals surface area (Å²) in [7, 11) is 11.4. The van der Waals surface area contributed by atoms with Crippen LogP contribution in [0.3, 0.4) is 0 Å². The maximum atomic E-state index is 2.29. The largest absolute Gasteiger partial charge is 0.337 e. The van der Waals surface area contributed by atoms with Gasteiger partial charge in [-0.2, -0.15) is 0 Å². The average Bonchev–Trinajstić information content (AvgIpc) is 2.48. The summed E-state index contributed by atoms with van der Waals surface area (Å²) in [6.07, 6.45) is 0. The Kier molecular flexibility index (Phi) is 3.13. The van der Waals surface area contributed by atoms with E-state index in [-0.39, 0.29) is 0 Å². The summed E-state index contributed by atoms with van der Waals surface area (Å²) in [4.78, 5) is 1.42. The molecule has 3 rings (SSSR count). The van der Waals surface area contributed by atoms with E-state index in [0.29, 0.717) is 0 Å². The van der Waals surface area contributed by atoms with Gasteiger partial charge in [0.15, 0.2) is 0 Å². The van der Waals surface area contributed by atoms with Crippen LogP contribution in [0.2, 0.25) is 0 Å². The maximum Gasteiger partial charge on any atom is 0.102 e. The summed E-state index contributed by atoms with van der Waals surface area (Å²) < 4.78 is 2.29. The zero-order valence-corrected chi connectivity index (χ0v) is 11.9. The molecule has 2 heterocycles. The van der Waals surface area contributed by atoms with Crippen molar-refractivity contribution >= 4 is 62.0 Å². The molecule has 1 aromatic carbocycles. The highest BCUT2D eigenvalue weighted by Crippen LogP contribution is 2.60. The standard InChI is InChI=1S/C9H7NS5/c1-10-7-5-3-2-4-6(7)8-9(10)12-14-15-13-11-8/h2-5H,1H3. The first-order chi connectivity index (χ1) is 7.38. The first-order valence-electron chi connectivity index (χ1n) is 4.30. The summed E-state index contributed by atoms with van der Waals surface area (Å²) in [6, 6.07) is 8.62. The molecular formula is C9H7NS5. The fraction of sp³-hybridized carbons (Fsp3) is 0.111. The number of fused-ring (bicyclic) bond motifs is 3. The van der Waals surface area contributed by atoms with Crippen molar-refractivity contribution in [2.45, 2.75) is 9.92 Å². The van der Waals surface area contributed by atoms with Gasteiger partial charge in [0.05, 0.1) is 4.90 Å². The average molecular weight is 289 g/mol. The molecule has 0 spiro atoms. The molecular weight excluding hydrogens is 282 g/mol. The third-order valence-corrected chi connectivity index (χ3v) is 10.8. The quantitative estimate of drug-likeness (QED) is 0.609. The van der Waals surface area contributed by atoms with Gasteiger partial charge in [0.25, 0.3) is 0 Å². The molecule has 2 aromatic rings. The number of rotatable bonds is 0. The van der Waals surface area contributed by atoms with Crippen molar-refractivity contribution < 1.29 is 0 Å². The van der Waals surface area contributed by atoms with Crippen LogP contribution in [0.25, 0.3) is 10.9 Å². The monoisotopic (exact) mass is 289 g/mol. The predicted molar refractivity (Wildman–Crippen MR) is 77.4 cm³/mol. The van der Waals surface area contributed by atoms with Crippen molar-refractivity contribution in [2.75, 3.05) is 0 Å². The molecule has 1 nitrogen and oxygen atoms in total. The molecule has 0 saturated heterocycles. The summed E-state index contributed by atoms with van der Waals surface area (Å²) in [5.41, 5.74) is 1.33. The topological polar surface area (TPSA) is 4.93 Å². The second kappa shape index (κ2) is 4.41. The second-order valence-electron chi connectivity index (χ2n) is 3.08. The third kappa shape index (κ3) is 1.80. The van der Waals surface area contributed by atoms with Crippen LogP contribution in [0.4, 0.5) is 0 Å². The molecule has 0 aliphatic carbocycles. The molecule has 6 heteroatoms. The van der Waals surface area contributed by atoms with Gasteiger partial charge in [-0.1, -0.05) is 18.2 Å².